The standard InChI is InChI=1S/C16H11N3O3S3/c20-14(8-25-16-11-3-5-24-15(11)17-9-18-16)21-7-10-6-12(22-19-10)13-2-1-4-23-13/h1-6,9H,7-8H2. The molecular weight excluding hydrogens is 378 g/mol. The molecule has 0 unspecified atom stereocenters. The Balaban J connectivity index is 1.31. The first kappa shape index (κ1) is 16.2. The predicted molar refractivity (Wildman–Crippen MR) is 97.8 cm³/mol. The summed E-state index contributed by atoms with van der Waals surface area (Å²) in [5.41, 5.74) is 0.587. The van der Waals surface area contributed by atoms with Crippen molar-refractivity contribution in [1.29, 1.82) is 0 Å². The first-order valence-electron chi connectivity index (χ1n) is 7.26. The zero-order valence-corrected chi connectivity index (χ0v) is 15.2. The third-order valence-corrected chi connectivity index (χ3v) is 5.94. The van der Waals surface area contributed by atoms with Crippen LogP contribution in [0.25, 0.3) is 20.9 Å². The van der Waals surface area contributed by atoms with E-state index in [-0.39, 0.29) is 18.3 Å². The monoisotopic (exact) mass is 389 g/mol. The lowest BCUT2D eigenvalue weighted by molar-refractivity contribution is -0.141. The molecule has 0 fully saturated rings. The van der Waals surface area contributed by atoms with Crippen LogP contribution in [0.2, 0.25) is 0 Å². The lowest BCUT2D eigenvalue weighted by Crippen LogP contribution is -2.07. The van der Waals surface area contributed by atoms with Crippen molar-refractivity contribution >= 4 is 50.6 Å². The highest BCUT2D eigenvalue weighted by Crippen LogP contribution is 2.28. The zero-order chi connectivity index (χ0) is 17.1. The van der Waals surface area contributed by atoms with Crippen LogP contribution in [0, 0.1) is 0 Å². The lowest BCUT2D eigenvalue weighted by Gasteiger charge is -2.03. The fourth-order valence-electron chi connectivity index (χ4n) is 2.12. The molecule has 0 N–H and O–H groups in total. The summed E-state index contributed by atoms with van der Waals surface area (Å²) in [6.45, 7) is 0.0892. The van der Waals surface area contributed by atoms with Crippen molar-refractivity contribution in [2.45, 2.75) is 11.6 Å². The Bertz CT molecular complexity index is 994. The van der Waals surface area contributed by atoms with Crippen molar-refractivity contribution in [2.75, 3.05) is 5.75 Å². The predicted octanol–water partition coefficient (Wildman–Crippen LogP) is 4.24. The largest absolute Gasteiger partial charge is 0.458 e. The summed E-state index contributed by atoms with van der Waals surface area (Å²) in [6.07, 6.45) is 1.51. The van der Waals surface area contributed by atoms with Crippen LogP contribution in [0.5, 0.6) is 0 Å². The van der Waals surface area contributed by atoms with Gasteiger partial charge in [-0.05, 0) is 22.9 Å². The van der Waals surface area contributed by atoms with Gasteiger partial charge in [0, 0.05) is 11.5 Å². The van der Waals surface area contributed by atoms with Crippen molar-refractivity contribution in [2.24, 2.45) is 0 Å². The molecule has 4 aromatic rings. The van der Waals surface area contributed by atoms with Gasteiger partial charge in [0.05, 0.1) is 10.6 Å². The minimum Gasteiger partial charge on any atom is -0.458 e. The van der Waals surface area contributed by atoms with Gasteiger partial charge in [0.1, 0.15) is 28.5 Å². The van der Waals surface area contributed by atoms with E-state index in [1.807, 2.05) is 29.0 Å². The number of carbonyl (C=O) groups is 1. The molecule has 126 valence electrons. The summed E-state index contributed by atoms with van der Waals surface area (Å²) in [5.74, 6) is 0.529. The van der Waals surface area contributed by atoms with Gasteiger partial charge in [-0.1, -0.05) is 23.0 Å². The van der Waals surface area contributed by atoms with E-state index in [1.54, 1.807) is 28.7 Å². The van der Waals surface area contributed by atoms with Crippen LogP contribution in [0.1, 0.15) is 5.69 Å². The van der Waals surface area contributed by atoms with Gasteiger partial charge in [-0.2, -0.15) is 0 Å². The number of fused-ring (bicyclic) bond motifs is 1. The number of hydrogen-bond donors (Lipinski definition) is 0. The minimum atomic E-state index is -0.326. The highest BCUT2D eigenvalue weighted by atomic mass is 32.2. The van der Waals surface area contributed by atoms with Crippen LogP contribution < -0.4 is 0 Å². The number of hydrogen-bond acceptors (Lipinski definition) is 9. The van der Waals surface area contributed by atoms with Crippen LogP contribution >= 0.6 is 34.4 Å². The summed E-state index contributed by atoms with van der Waals surface area (Å²) in [7, 11) is 0. The van der Waals surface area contributed by atoms with E-state index in [0.29, 0.717) is 11.5 Å². The van der Waals surface area contributed by atoms with E-state index in [1.165, 1.54) is 18.1 Å². The molecule has 9 heteroatoms. The molecule has 25 heavy (non-hydrogen) atoms. The van der Waals surface area contributed by atoms with Crippen molar-refractivity contribution in [3.63, 3.8) is 0 Å². The van der Waals surface area contributed by atoms with Crippen LogP contribution in [0.15, 0.2) is 50.9 Å². The number of aromatic nitrogens is 3. The van der Waals surface area contributed by atoms with Gasteiger partial charge in [0.2, 0.25) is 0 Å². The van der Waals surface area contributed by atoms with E-state index in [2.05, 4.69) is 15.1 Å². The first-order valence-corrected chi connectivity index (χ1v) is 10.0. The molecule has 0 atom stereocenters. The van der Waals surface area contributed by atoms with Crippen LogP contribution in [-0.4, -0.2) is 26.8 Å². The number of thioether (sulfide) groups is 1. The van der Waals surface area contributed by atoms with E-state index in [9.17, 15) is 4.79 Å². The first-order chi connectivity index (χ1) is 12.3. The lowest BCUT2D eigenvalue weighted by atomic mass is 10.3. The molecule has 0 aliphatic rings. The normalized spacial score (nSPS) is 11.0. The van der Waals surface area contributed by atoms with Gasteiger partial charge < -0.3 is 9.26 Å². The second-order valence-corrected chi connectivity index (χ2v) is 7.73. The Morgan fingerprint density at radius 3 is 3.08 bits per heavy atom. The van der Waals surface area contributed by atoms with Crippen LogP contribution in [0.4, 0.5) is 0 Å². The van der Waals surface area contributed by atoms with Gasteiger partial charge >= 0.3 is 5.97 Å². The van der Waals surface area contributed by atoms with E-state index >= 15 is 0 Å². The van der Waals surface area contributed by atoms with Gasteiger partial charge in [0.15, 0.2) is 5.76 Å². The molecule has 4 aromatic heterocycles. The number of ether oxygens (including phenoxy) is 1. The number of nitrogens with zero attached hydrogens (tertiary/aromatic N) is 3. The van der Waals surface area contributed by atoms with E-state index < -0.39 is 0 Å². The molecular formula is C16H11N3O3S3. The van der Waals surface area contributed by atoms with Gasteiger partial charge in [-0.15, -0.1) is 22.7 Å². The molecule has 0 bridgehead atoms. The molecule has 4 heterocycles. The summed E-state index contributed by atoms with van der Waals surface area (Å²) in [6, 6.07) is 7.63. The SMILES string of the molecule is O=C(CSc1ncnc2sccc12)OCc1cc(-c2cccs2)on1. The summed E-state index contributed by atoms with van der Waals surface area (Å²) >= 11 is 4.45. The Morgan fingerprint density at radius 2 is 2.20 bits per heavy atom. The topological polar surface area (TPSA) is 78.1 Å². The molecule has 0 spiro atoms. The summed E-state index contributed by atoms with van der Waals surface area (Å²) < 4.78 is 10.5. The molecule has 0 aromatic carbocycles. The van der Waals surface area contributed by atoms with Crippen LogP contribution in [0.3, 0.4) is 0 Å². The molecule has 0 saturated heterocycles. The number of carbonyl (C=O) groups excluding carboxylic acids is 1. The smallest absolute Gasteiger partial charge is 0.316 e. The van der Waals surface area contributed by atoms with Gasteiger partial charge in [0.25, 0.3) is 0 Å². The highest BCUT2D eigenvalue weighted by Gasteiger charge is 2.12. The average molecular weight is 389 g/mol. The molecule has 0 radical (unpaired) electrons. The summed E-state index contributed by atoms with van der Waals surface area (Å²) in [5, 5.41) is 9.59. The fourth-order valence-corrected chi connectivity index (χ4v) is 4.37. The third-order valence-electron chi connectivity index (χ3n) is 3.26. The van der Waals surface area contributed by atoms with Crippen molar-refractivity contribution < 1.29 is 14.1 Å². The number of esters is 1. The van der Waals surface area contributed by atoms with Crippen molar-refractivity contribution in [1.82, 2.24) is 15.1 Å². The van der Waals surface area contributed by atoms with Crippen LogP contribution in [-0.2, 0) is 16.1 Å². The molecule has 0 aliphatic heterocycles. The fraction of sp³-hybridized carbons (Fsp3) is 0.125. The number of thiophene rings is 2. The minimum absolute atomic E-state index is 0.0892. The van der Waals surface area contributed by atoms with Gasteiger partial charge in [-0.3, -0.25) is 4.79 Å². The molecule has 0 amide bonds. The Hall–Kier alpha value is -2.23. The second kappa shape index (κ2) is 7.34. The maximum absolute atomic E-state index is 12.0. The van der Waals surface area contributed by atoms with Gasteiger partial charge in [-0.25, -0.2) is 9.97 Å². The Labute approximate surface area is 154 Å². The van der Waals surface area contributed by atoms with Crippen molar-refractivity contribution in [3.8, 4) is 10.6 Å². The molecule has 0 aliphatic carbocycles. The quantitative estimate of drug-likeness (QED) is 0.277. The molecule has 4 rings (SSSR count). The average Bonchev–Trinajstić information content (AvgIpc) is 3.38. The molecule has 6 nitrogen and oxygen atoms in total. The maximum Gasteiger partial charge on any atom is 0.316 e. The zero-order valence-electron chi connectivity index (χ0n) is 12.7. The van der Waals surface area contributed by atoms with E-state index in [0.717, 1.165) is 20.1 Å². The molecule has 0 saturated carbocycles. The second-order valence-electron chi connectivity index (χ2n) is 4.93. The summed E-state index contributed by atoms with van der Waals surface area (Å²) in [4.78, 5) is 22.3. The number of rotatable bonds is 6. The highest BCUT2D eigenvalue weighted by molar-refractivity contribution is 8.00. The maximum atomic E-state index is 12.0. The van der Waals surface area contributed by atoms with Crippen molar-refractivity contribution in [3.05, 3.63) is 47.0 Å². The van der Waals surface area contributed by atoms with E-state index in [4.69, 9.17) is 9.26 Å². The Morgan fingerprint density at radius 1 is 1.24 bits per heavy atom. The third kappa shape index (κ3) is 3.73. The Kier molecular flexibility index (Phi) is 4.77.